The smallest absolute Gasteiger partial charge is 0.337 e. The first-order valence-electron chi connectivity index (χ1n) is 10.2. The standard InChI is InChI=1S/C25H19ClN2O6/c1-13-8-14(2)10-16(9-13)28-23(30)19(22(29)27-25(28)32)12-17-5-7-21(34-17)18-11-15(24(31)33-3)4-6-20(18)26/h4-12H,1-3H3,(H,27,29,32)/b19-12+. The van der Waals surface area contributed by atoms with Crippen molar-refractivity contribution in [3.8, 4) is 11.3 Å². The number of carbonyl (C=O) groups is 4. The topological polar surface area (TPSA) is 106 Å². The number of hydrogen-bond acceptors (Lipinski definition) is 6. The van der Waals surface area contributed by atoms with E-state index in [4.69, 9.17) is 20.8 Å². The lowest BCUT2D eigenvalue weighted by Crippen LogP contribution is -2.54. The normalized spacial score (nSPS) is 15.0. The average Bonchev–Trinajstić information content (AvgIpc) is 3.24. The number of urea groups is 1. The van der Waals surface area contributed by atoms with Gasteiger partial charge in [0.25, 0.3) is 11.8 Å². The second kappa shape index (κ2) is 8.99. The fourth-order valence-corrected chi connectivity index (χ4v) is 3.86. The largest absolute Gasteiger partial charge is 0.465 e. The monoisotopic (exact) mass is 478 g/mol. The van der Waals surface area contributed by atoms with E-state index in [1.165, 1.54) is 31.4 Å². The van der Waals surface area contributed by atoms with Crippen molar-refractivity contribution in [1.82, 2.24) is 5.32 Å². The molecule has 4 rings (SSSR count). The zero-order valence-electron chi connectivity index (χ0n) is 18.5. The SMILES string of the molecule is COC(=O)c1ccc(Cl)c(-c2ccc(/C=C3\C(=O)NC(=O)N(c4cc(C)cc(C)c4)C3=O)o2)c1. The van der Waals surface area contributed by atoms with Crippen LogP contribution in [0, 0.1) is 13.8 Å². The Hall–Kier alpha value is -4.17. The van der Waals surface area contributed by atoms with Crippen molar-refractivity contribution in [3.05, 3.63) is 81.6 Å². The Morgan fingerprint density at radius 1 is 1.03 bits per heavy atom. The minimum atomic E-state index is -0.834. The van der Waals surface area contributed by atoms with Gasteiger partial charge in [0.05, 0.1) is 23.4 Å². The number of esters is 1. The van der Waals surface area contributed by atoms with Crippen LogP contribution in [0.4, 0.5) is 10.5 Å². The summed E-state index contributed by atoms with van der Waals surface area (Å²) in [5.41, 5.74) is 2.52. The van der Waals surface area contributed by atoms with Crippen molar-refractivity contribution in [2.45, 2.75) is 13.8 Å². The first-order valence-corrected chi connectivity index (χ1v) is 10.5. The summed E-state index contributed by atoms with van der Waals surface area (Å²) < 4.78 is 10.5. The molecule has 9 heteroatoms. The fraction of sp³-hybridized carbons (Fsp3) is 0.120. The van der Waals surface area contributed by atoms with E-state index in [1.54, 1.807) is 24.3 Å². The Kier molecular flexibility index (Phi) is 6.08. The number of furan rings is 1. The number of barbiturate groups is 1. The summed E-state index contributed by atoms with van der Waals surface area (Å²) in [7, 11) is 1.27. The van der Waals surface area contributed by atoms with Gasteiger partial charge in [0.15, 0.2) is 0 Å². The molecule has 0 atom stereocenters. The molecule has 8 nitrogen and oxygen atoms in total. The number of nitrogens with one attached hydrogen (secondary N) is 1. The summed E-state index contributed by atoms with van der Waals surface area (Å²) >= 11 is 6.26. The van der Waals surface area contributed by atoms with Crippen LogP contribution in [0.2, 0.25) is 5.02 Å². The first kappa shape index (κ1) is 23.0. The summed E-state index contributed by atoms with van der Waals surface area (Å²) in [6.45, 7) is 3.69. The molecule has 3 aromatic rings. The van der Waals surface area contributed by atoms with Crippen molar-refractivity contribution in [1.29, 1.82) is 0 Å². The van der Waals surface area contributed by atoms with Gasteiger partial charge in [0, 0.05) is 5.56 Å². The predicted molar refractivity (Wildman–Crippen MR) is 125 cm³/mol. The van der Waals surface area contributed by atoms with Gasteiger partial charge in [0.2, 0.25) is 0 Å². The summed E-state index contributed by atoms with van der Waals surface area (Å²) in [6.07, 6.45) is 1.25. The molecule has 1 aliphatic rings. The number of benzene rings is 2. The van der Waals surface area contributed by atoms with E-state index in [0.29, 0.717) is 22.0 Å². The number of carbonyl (C=O) groups excluding carboxylic acids is 4. The van der Waals surface area contributed by atoms with E-state index in [9.17, 15) is 19.2 Å². The quantitative estimate of drug-likeness (QED) is 0.332. The lowest BCUT2D eigenvalue weighted by molar-refractivity contribution is -0.122. The minimum Gasteiger partial charge on any atom is -0.465 e. The number of anilines is 1. The Labute approximate surface area is 199 Å². The molecule has 2 heterocycles. The number of halogens is 1. The van der Waals surface area contributed by atoms with E-state index in [2.05, 4.69) is 5.32 Å². The van der Waals surface area contributed by atoms with Crippen molar-refractivity contribution < 1.29 is 28.3 Å². The van der Waals surface area contributed by atoms with E-state index >= 15 is 0 Å². The molecule has 1 saturated heterocycles. The van der Waals surface area contributed by atoms with Gasteiger partial charge in [-0.1, -0.05) is 17.7 Å². The zero-order chi connectivity index (χ0) is 24.6. The maximum Gasteiger partial charge on any atom is 0.337 e. The number of ether oxygens (including phenoxy) is 1. The summed E-state index contributed by atoms with van der Waals surface area (Å²) in [6, 6.07) is 12.1. The number of amides is 4. The molecule has 0 aliphatic carbocycles. The zero-order valence-corrected chi connectivity index (χ0v) is 19.2. The number of methoxy groups -OCH3 is 1. The van der Waals surface area contributed by atoms with Crippen molar-refractivity contribution >= 4 is 47.2 Å². The molecule has 1 aliphatic heterocycles. The van der Waals surface area contributed by atoms with Crippen molar-refractivity contribution in [3.63, 3.8) is 0 Å². The lowest BCUT2D eigenvalue weighted by atomic mass is 10.1. The molecule has 0 radical (unpaired) electrons. The predicted octanol–water partition coefficient (Wildman–Crippen LogP) is 4.67. The Bertz CT molecular complexity index is 1370. The Balaban J connectivity index is 1.70. The number of aryl methyl sites for hydroxylation is 2. The fourth-order valence-electron chi connectivity index (χ4n) is 3.65. The van der Waals surface area contributed by atoms with Gasteiger partial charge in [-0.05, 0) is 73.5 Å². The molecule has 0 unspecified atom stereocenters. The summed E-state index contributed by atoms with van der Waals surface area (Å²) in [5.74, 6) is -1.65. The van der Waals surface area contributed by atoms with Gasteiger partial charge < -0.3 is 9.15 Å². The van der Waals surface area contributed by atoms with Gasteiger partial charge in [0.1, 0.15) is 17.1 Å². The third-order valence-electron chi connectivity index (χ3n) is 5.13. The Morgan fingerprint density at radius 3 is 2.41 bits per heavy atom. The maximum atomic E-state index is 13.1. The van der Waals surface area contributed by atoms with Crippen LogP contribution >= 0.6 is 11.6 Å². The minimum absolute atomic E-state index is 0.183. The molecule has 0 saturated carbocycles. The number of nitrogens with zero attached hydrogens (tertiary/aromatic N) is 1. The van der Waals surface area contributed by atoms with Gasteiger partial charge in [-0.2, -0.15) is 0 Å². The van der Waals surface area contributed by atoms with E-state index < -0.39 is 23.8 Å². The van der Waals surface area contributed by atoms with Crippen molar-refractivity contribution in [2.24, 2.45) is 0 Å². The molecule has 4 amide bonds. The second-order valence-corrected chi connectivity index (χ2v) is 8.10. The molecule has 2 aromatic carbocycles. The molecule has 0 bridgehead atoms. The molecule has 0 spiro atoms. The molecule has 172 valence electrons. The molecular weight excluding hydrogens is 460 g/mol. The maximum absolute atomic E-state index is 13.1. The summed E-state index contributed by atoms with van der Waals surface area (Å²) in [5, 5.41) is 2.52. The highest BCUT2D eigenvalue weighted by molar-refractivity contribution is 6.39. The molecule has 1 N–H and O–H groups in total. The summed E-state index contributed by atoms with van der Waals surface area (Å²) in [4.78, 5) is 50.8. The molecule has 1 aromatic heterocycles. The number of imide groups is 2. The van der Waals surface area contributed by atoms with Crippen LogP contribution in [-0.4, -0.2) is 30.9 Å². The lowest BCUT2D eigenvalue weighted by Gasteiger charge is -2.26. The highest BCUT2D eigenvalue weighted by Crippen LogP contribution is 2.32. The average molecular weight is 479 g/mol. The van der Waals surface area contributed by atoms with Crippen LogP contribution in [0.25, 0.3) is 17.4 Å². The van der Waals surface area contributed by atoms with Gasteiger partial charge in [-0.25, -0.2) is 14.5 Å². The van der Waals surface area contributed by atoms with Crippen LogP contribution in [0.15, 0.2) is 58.5 Å². The third-order valence-corrected chi connectivity index (χ3v) is 5.46. The number of rotatable bonds is 4. The van der Waals surface area contributed by atoms with Crippen LogP contribution in [-0.2, 0) is 14.3 Å². The van der Waals surface area contributed by atoms with Gasteiger partial charge in [-0.3, -0.25) is 14.9 Å². The van der Waals surface area contributed by atoms with Crippen LogP contribution in [0.1, 0.15) is 27.2 Å². The molecular formula is C25H19ClN2O6. The number of hydrogen-bond donors (Lipinski definition) is 1. The Morgan fingerprint density at radius 2 is 1.74 bits per heavy atom. The third kappa shape index (κ3) is 4.35. The van der Waals surface area contributed by atoms with E-state index in [-0.39, 0.29) is 16.9 Å². The van der Waals surface area contributed by atoms with Crippen molar-refractivity contribution in [2.75, 3.05) is 12.0 Å². The van der Waals surface area contributed by atoms with E-state index in [1.807, 2.05) is 19.9 Å². The highest BCUT2D eigenvalue weighted by atomic mass is 35.5. The first-order chi connectivity index (χ1) is 16.2. The van der Waals surface area contributed by atoms with Gasteiger partial charge in [-0.15, -0.1) is 0 Å². The van der Waals surface area contributed by atoms with E-state index in [0.717, 1.165) is 16.0 Å². The van der Waals surface area contributed by atoms with Crippen LogP contribution in [0.3, 0.4) is 0 Å². The molecule has 1 fully saturated rings. The van der Waals surface area contributed by atoms with Crippen LogP contribution < -0.4 is 10.2 Å². The highest BCUT2D eigenvalue weighted by Gasteiger charge is 2.37. The molecule has 34 heavy (non-hydrogen) atoms. The second-order valence-electron chi connectivity index (χ2n) is 7.69. The van der Waals surface area contributed by atoms with Gasteiger partial charge >= 0.3 is 12.0 Å². The van der Waals surface area contributed by atoms with Crippen LogP contribution in [0.5, 0.6) is 0 Å².